The number of halogens is 3. The number of rotatable bonds is 13. The van der Waals surface area contributed by atoms with Crippen LogP contribution in [0.1, 0.15) is 52.9 Å². The van der Waals surface area contributed by atoms with Crippen molar-refractivity contribution in [1.82, 2.24) is 19.6 Å². The van der Waals surface area contributed by atoms with Crippen LogP contribution in [-0.4, -0.2) is 44.9 Å². The summed E-state index contributed by atoms with van der Waals surface area (Å²) < 4.78 is 78.4. The third kappa shape index (κ3) is 8.31. The van der Waals surface area contributed by atoms with Gasteiger partial charge in [0.05, 0.1) is 34.8 Å². The number of nitrogens with two attached hydrogens (primary N) is 1. The minimum atomic E-state index is -4.58. The van der Waals surface area contributed by atoms with E-state index in [2.05, 4.69) is 10.1 Å². The molecular weight excluding hydrogens is 614 g/mol. The lowest BCUT2D eigenvalue weighted by atomic mass is 10.1. The molecule has 0 radical (unpaired) electrons. The number of nitrogen functional groups attached to an aromatic ring is 1. The Balaban J connectivity index is 1.74. The Morgan fingerprint density at radius 3 is 2.36 bits per heavy atom. The first-order chi connectivity index (χ1) is 21.0. The maximum Gasteiger partial charge on any atom is 0.460 e. The third-order valence-electron chi connectivity index (χ3n) is 6.50. The summed E-state index contributed by atoms with van der Waals surface area (Å²) in [6, 6.07) is 9.86. The monoisotopic (exact) mass is 651 g/mol. The van der Waals surface area contributed by atoms with Crippen LogP contribution in [0.5, 0.6) is 5.75 Å². The topological polar surface area (TPSA) is 140 Å². The lowest BCUT2D eigenvalue weighted by Crippen LogP contribution is -2.39. The maximum atomic E-state index is 14.3. The SMILES string of the molecule is CCOCc1nc2c(N)nc3ccccc3c2n1CC(C)(C)OP(=O)(N[C@@H](C)C(=O)OC(C)C)Oc1ccc(C(F)(F)F)cc1. The van der Waals surface area contributed by atoms with Crippen LogP contribution in [-0.2, 0) is 42.7 Å². The van der Waals surface area contributed by atoms with Crippen molar-refractivity contribution in [3.63, 3.8) is 0 Å². The molecule has 4 aromatic rings. The Kier molecular flexibility index (Phi) is 10.1. The van der Waals surface area contributed by atoms with Crippen molar-refractivity contribution >= 4 is 41.5 Å². The molecule has 0 saturated carbocycles. The smallest absolute Gasteiger partial charge is 0.460 e. The summed E-state index contributed by atoms with van der Waals surface area (Å²) in [7, 11) is -4.48. The molecule has 11 nitrogen and oxygen atoms in total. The van der Waals surface area contributed by atoms with Gasteiger partial charge in [-0.25, -0.2) is 14.5 Å². The highest BCUT2D eigenvalue weighted by Gasteiger charge is 2.40. The van der Waals surface area contributed by atoms with E-state index in [9.17, 15) is 22.5 Å². The number of carbonyl (C=O) groups is 1. The molecule has 244 valence electrons. The van der Waals surface area contributed by atoms with Crippen molar-refractivity contribution in [3.05, 3.63) is 59.9 Å². The number of benzene rings is 2. The number of hydrogen-bond donors (Lipinski definition) is 2. The molecule has 2 aromatic carbocycles. The molecule has 0 bridgehead atoms. The van der Waals surface area contributed by atoms with Gasteiger partial charge in [-0.15, -0.1) is 0 Å². The fourth-order valence-electron chi connectivity index (χ4n) is 4.65. The van der Waals surface area contributed by atoms with E-state index in [-0.39, 0.29) is 24.7 Å². The molecular formula is C30H37F3N5O6P. The highest BCUT2D eigenvalue weighted by Crippen LogP contribution is 2.49. The highest BCUT2D eigenvalue weighted by atomic mass is 31.2. The molecule has 0 aliphatic heterocycles. The van der Waals surface area contributed by atoms with Gasteiger partial charge in [0.2, 0.25) is 0 Å². The summed E-state index contributed by atoms with van der Waals surface area (Å²) in [6.07, 6.45) is -5.03. The van der Waals surface area contributed by atoms with Crippen LogP contribution in [0.15, 0.2) is 48.5 Å². The minimum Gasteiger partial charge on any atom is -0.462 e. The zero-order valence-corrected chi connectivity index (χ0v) is 26.7. The largest absolute Gasteiger partial charge is 0.462 e. The van der Waals surface area contributed by atoms with Gasteiger partial charge in [-0.2, -0.15) is 18.3 Å². The van der Waals surface area contributed by atoms with Gasteiger partial charge in [0.1, 0.15) is 29.7 Å². The average Bonchev–Trinajstić information content (AvgIpc) is 3.28. The van der Waals surface area contributed by atoms with E-state index in [0.29, 0.717) is 29.0 Å². The number of anilines is 1. The predicted molar refractivity (Wildman–Crippen MR) is 163 cm³/mol. The fourth-order valence-corrected chi connectivity index (χ4v) is 6.48. The normalized spacial score (nSPS) is 14.5. The van der Waals surface area contributed by atoms with Crippen LogP contribution < -0.4 is 15.3 Å². The van der Waals surface area contributed by atoms with E-state index in [1.165, 1.54) is 6.92 Å². The van der Waals surface area contributed by atoms with E-state index in [0.717, 1.165) is 29.7 Å². The van der Waals surface area contributed by atoms with Gasteiger partial charge in [-0.05, 0) is 71.9 Å². The first-order valence-corrected chi connectivity index (χ1v) is 15.8. The average molecular weight is 652 g/mol. The van der Waals surface area contributed by atoms with Gasteiger partial charge in [0.15, 0.2) is 5.82 Å². The molecule has 2 atom stereocenters. The molecule has 0 amide bonds. The van der Waals surface area contributed by atoms with Crippen LogP contribution in [0.2, 0.25) is 0 Å². The number of nitrogens with zero attached hydrogens (tertiary/aromatic N) is 3. The molecule has 1 unspecified atom stereocenters. The molecule has 3 N–H and O–H groups in total. The quantitative estimate of drug-likeness (QED) is 0.120. The number of para-hydroxylation sites is 1. The summed E-state index contributed by atoms with van der Waals surface area (Å²) in [5.74, 6) is -0.172. The molecule has 15 heteroatoms. The zero-order chi connectivity index (χ0) is 33.2. The van der Waals surface area contributed by atoms with Crippen LogP contribution in [0, 0.1) is 0 Å². The van der Waals surface area contributed by atoms with Crippen molar-refractivity contribution in [3.8, 4) is 5.75 Å². The second-order valence-electron chi connectivity index (χ2n) is 11.3. The van der Waals surface area contributed by atoms with Gasteiger partial charge in [-0.3, -0.25) is 9.32 Å². The molecule has 2 aromatic heterocycles. The van der Waals surface area contributed by atoms with Crippen LogP contribution in [0.25, 0.3) is 21.9 Å². The molecule has 2 heterocycles. The van der Waals surface area contributed by atoms with Crippen LogP contribution in [0.3, 0.4) is 0 Å². The van der Waals surface area contributed by atoms with E-state index >= 15 is 0 Å². The Morgan fingerprint density at radius 2 is 1.73 bits per heavy atom. The number of carbonyl (C=O) groups excluding carboxylic acids is 1. The van der Waals surface area contributed by atoms with Gasteiger partial charge in [0.25, 0.3) is 0 Å². The number of imidazole rings is 1. The van der Waals surface area contributed by atoms with Crippen molar-refractivity contribution < 1.29 is 41.1 Å². The molecule has 0 aliphatic rings. The molecule has 0 aliphatic carbocycles. The first-order valence-electron chi connectivity index (χ1n) is 14.3. The van der Waals surface area contributed by atoms with Gasteiger partial charge < -0.3 is 24.3 Å². The second kappa shape index (κ2) is 13.3. The zero-order valence-electron chi connectivity index (χ0n) is 25.8. The lowest BCUT2D eigenvalue weighted by Gasteiger charge is -2.32. The van der Waals surface area contributed by atoms with Crippen LogP contribution >= 0.6 is 7.75 Å². The number of nitrogens with one attached hydrogen (secondary N) is 1. The van der Waals surface area contributed by atoms with Crippen molar-refractivity contribution in [2.45, 2.75) is 78.6 Å². The van der Waals surface area contributed by atoms with E-state index in [1.54, 1.807) is 27.7 Å². The summed E-state index contributed by atoms with van der Waals surface area (Å²) in [5, 5.41) is 3.35. The van der Waals surface area contributed by atoms with Gasteiger partial charge in [0, 0.05) is 12.0 Å². The molecule has 4 rings (SSSR count). The highest BCUT2D eigenvalue weighted by molar-refractivity contribution is 7.52. The Bertz CT molecular complexity index is 1710. The number of alkyl halides is 3. The molecule has 0 fully saturated rings. The summed E-state index contributed by atoms with van der Waals surface area (Å²) in [5.41, 5.74) is 5.82. The fraction of sp³-hybridized carbons (Fsp3) is 0.433. The number of esters is 1. The Labute approximate surface area is 258 Å². The number of pyridine rings is 1. The van der Waals surface area contributed by atoms with Gasteiger partial charge in [-0.1, -0.05) is 18.2 Å². The Morgan fingerprint density at radius 1 is 1.07 bits per heavy atom. The van der Waals surface area contributed by atoms with E-state index in [4.69, 9.17) is 29.2 Å². The van der Waals surface area contributed by atoms with Crippen LogP contribution in [0.4, 0.5) is 19.0 Å². The molecule has 0 spiro atoms. The summed E-state index contributed by atoms with van der Waals surface area (Å²) in [4.78, 5) is 21.8. The molecule has 0 saturated heterocycles. The minimum absolute atomic E-state index is 0.0478. The number of fused-ring (bicyclic) bond motifs is 3. The summed E-state index contributed by atoms with van der Waals surface area (Å²) >= 11 is 0. The number of aromatic nitrogens is 3. The van der Waals surface area contributed by atoms with Gasteiger partial charge >= 0.3 is 19.9 Å². The Hall–Kier alpha value is -3.71. The van der Waals surface area contributed by atoms with E-state index < -0.39 is 43.2 Å². The molecule has 45 heavy (non-hydrogen) atoms. The number of hydrogen-bond acceptors (Lipinski definition) is 9. The van der Waals surface area contributed by atoms with Crippen molar-refractivity contribution in [2.24, 2.45) is 0 Å². The standard InChI is InChI=1S/C30H37F3N5O6P/c1-7-41-16-24-36-25-26(22-10-8-9-11-23(22)35-27(25)34)38(24)17-29(5,6)44-45(40,37-19(4)28(39)42-18(2)3)43-21-14-12-20(13-15-21)30(31,32)33/h8-15,18-19H,7,16-17H2,1-6H3,(H2,34,35)(H,37,40)/t19-,45?/m0/s1. The number of ether oxygens (including phenoxy) is 2. The first kappa shape index (κ1) is 34.2. The van der Waals surface area contributed by atoms with Crippen molar-refractivity contribution in [2.75, 3.05) is 12.3 Å². The summed E-state index contributed by atoms with van der Waals surface area (Å²) in [6.45, 7) is 10.5. The predicted octanol–water partition coefficient (Wildman–Crippen LogP) is 6.63. The maximum absolute atomic E-state index is 14.3. The third-order valence-corrected chi connectivity index (χ3v) is 8.38. The lowest BCUT2D eigenvalue weighted by molar-refractivity contribution is -0.149. The van der Waals surface area contributed by atoms with Crippen molar-refractivity contribution in [1.29, 1.82) is 0 Å². The van der Waals surface area contributed by atoms with E-state index in [1.807, 2.05) is 35.8 Å². The second-order valence-corrected chi connectivity index (χ2v) is 12.9.